The zero-order valence-electron chi connectivity index (χ0n) is 33.9. The molecule has 0 bridgehead atoms. The molecule has 0 aromatic carbocycles. The van der Waals surface area contributed by atoms with Gasteiger partial charge in [-0.1, -0.05) is 26.2 Å². The summed E-state index contributed by atoms with van der Waals surface area (Å²) < 4.78 is 19.8. The van der Waals surface area contributed by atoms with E-state index in [-0.39, 0.29) is 0 Å². The molecule has 0 fully saturated rings. The second kappa shape index (κ2) is 25.0. The second-order valence-corrected chi connectivity index (χ2v) is 46.6. The molecule has 3 rings (SSSR count). The van der Waals surface area contributed by atoms with E-state index in [4.69, 9.17) is 0 Å². The minimum atomic E-state index is -2.49. The van der Waals surface area contributed by atoms with Gasteiger partial charge in [-0.2, -0.15) is 0 Å². The Labute approximate surface area is 322 Å². The van der Waals surface area contributed by atoms with Crippen LogP contribution in [0.25, 0.3) is 20.4 Å². The molecule has 0 atom stereocenters. The van der Waals surface area contributed by atoms with Crippen LogP contribution >= 0.6 is 22.7 Å². The third-order valence-electron chi connectivity index (χ3n) is 12.0. The Balaban J connectivity index is 2.05. The van der Waals surface area contributed by atoms with Gasteiger partial charge in [0.1, 0.15) is 0 Å². The normalized spacial score (nSPS) is 12.7. The third kappa shape index (κ3) is 13.0. The summed E-state index contributed by atoms with van der Waals surface area (Å²) in [6.45, 7) is 18.2. The van der Waals surface area contributed by atoms with Crippen molar-refractivity contribution in [1.82, 2.24) is 4.57 Å². The first kappa shape index (κ1) is 44.2. The van der Waals surface area contributed by atoms with E-state index >= 15 is 0 Å². The first-order valence-electron chi connectivity index (χ1n) is 22.1. The summed E-state index contributed by atoms with van der Waals surface area (Å²) >= 11 is -0.282. The van der Waals surface area contributed by atoms with E-state index < -0.39 is 36.8 Å². The van der Waals surface area contributed by atoms with Gasteiger partial charge in [-0.05, 0) is 0 Å². The number of hydrogen-bond donors (Lipinski definition) is 0. The topological polar surface area (TPSA) is 4.93 Å². The van der Waals surface area contributed by atoms with Gasteiger partial charge in [-0.15, -0.1) is 0 Å². The van der Waals surface area contributed by atoms with Gasteiger partial charge in [0.25, 0.3) is 0 Å². The molecule has 1 nitrogen and oxygen atoms in total. The van der Waals surface area contributed by atoms with E-state index in [9.17, 15) is 0 Å². The first-order valence-corrected chi connectivity index (χ1v) is 38.7. The van der Waals surface area contributed by atoms with Crippen molar-refractivity contribution in [3.8, 4) is 0 Å². The van der Waals surface area contributed by atoms with Gasteiger partial charge in [0.2, 0.25) is 0 Å². The van der Waals surface area contributed by atoms with Crippen molar-refractivity contribution in [2.45, 2.75) is 223 Å². The molecule has 0 radical (unpaired) electrons. The Bertz CT molecular complexity index is 1140. The summed E-state index contributed by atoms with van der Waals surface area (Å²) in [5.74, 6) is 0. The van der Waals surface area contributed by atoms with Crippen LogP contribution in [0, 0.1) is 0 Å². The Morgan fingerprint density at radius 2 is 0.673 bits per heavy atom. The van der Waals surface area contributed by atoms with Crippen LogP contribution in [0.15, 0.2) is 12.1 Å². The quantitative estimate of drug-likeness (QED) is 0.0448. The van der Waals surface area contributed by atoms with E-state index in [0.29, 0.717) is 0 Å². The number of aryl methyl sites for hydroxylation is 1. The summed E-state index contributed by atoms with van der Waals surface area (Å²) in [7, 11) is 0. The number of thiophene rings is 2. The number of fused-ring (bicyclic) bond motifs is 3. The van der Waals surface area contributed by atoms with Gasteiger partial charge in [0, 0.05) is 0 Å². The molecule has 3 aromatic rings. The van der Waals surface area contributed by atoms with Crippen LogP contribution in [0.3, 0.4) is 0 Å². The van der Waals surface area contributed by atoms with E-state index in [1.165, 1.54) is 148 Å². The van der Waals surface area contributed by atoms with Crippen molar-refractivity contribution in [1.29, 1.82) is 0 Å². The Kier molecular flexibility index (Phi) is 22.5. The van der Waals surface area contributed by atoms with Crippen LogP contribution < -0.4 is 5.79 Å². The fourth-order valence-electron chi connectivity index (χ4n) is 8.72. The van der Waals surface area contributed by atoms with Gasteiger partial charge in [0.15, 0.2) is 0 Å². The number of unbranched alkanes of at least 4 members (excludes halogenated alkanes) is 15. The zero-order valence-corrected chi connectivity index (χ0v) is 41.3. The summed E-state index contributed by atoms with van der Waals surface area (Å²) in [5.41, 5.74) is 3.32. The molecule has 3 aromatic heterocycles. The van der Waals surface area contributed by atoms with E-state index in [2.05, 4.69) is 87.8 Å². The molecule has 0 saturated heterocycles. The fourth-order valence-corrected chi connectivity index (χ4v) is 49.4. The van der Waals surface area contributed by atoms with Crippen molar-refractivity contribution < 1.29 is 0 Å². The molecule has 0 aliphatic heterocycles. The van der Waals surface area contributed by atoms with E-state index in [1.807, 2.05) is 5.79 Å². The Morgan fingerprint density at radius 3 is 0.980 bits per heavy atom. The van der Waals surface area contributed by atoms with E-state index in [1.54, 1.807) is 47.1 Å². The van der Waals surface area contributed by atoms with Crippen molar-refractivity contribution in [2.75, 3.05) is 0 Å². The van der Waals surface area contributed by atoms with Crippen molar-refractivity contribution >= 4 is 85.6 Å². The van der Waals surface area contributed by atoms with Gasteiger partial charge in [0.05, 0.1) is 0 Å². The van der Waals surface area contributed by atoms with Crippen LogP contribution in [-0.4, -0.2) is 41.3 Å². The average molecular weight is 926 g/mol. The molecule has 49 heavy (non-hydrogen) atoms. The Morgan fingerprint density at radius 1 is 0.388 bits per heavy atom. The second-order valence-electron chi connectivity index (χ2n) is 16.2. The van der Waals surface area contributed by atoms with Crippen molar-refractivity contribution in [2.24, 2.45) is 0 Å². The van der Waals surface area contributed by atoms with Gasteiger partial charge >= 0.3 is 299 Å². The molecular formula is C44H81NS2Sn2. The average Bonchev–Trinajstić information content (AvgIpc) is 3.82. The Hall–Kier alpha value is 0.797. The molecule has 0 aliphatic carbocycles. The minimum absolute atomic E-state index is 1.24. The molecule has 3 heterocycles. The van der Waals surface area contributed by atoms with Crippen molar-refractivity contribution in [3.05, 3.63) is 12.1 Å². The van der Waals surface area contributed by atoms with Gasteiger partial charge in [-0.3, -0.25) is 0 Å². The van der Waals surface area contributed by atoms with E-state index in [0.717, 1.165) is 0 Å². The number of hydrogen-bond acceptors (Lipinski definition) is 2. The molecule has 0 amide bonds. The zero-order chi connectivity index (χ0) is 35.4. The SMILES string of the molecule is CCCCCCCCCCCCn1c2c[c]([Sn]([CH2]CCC)([CH2]CCC)[CH2]CCC)sc2c2s[c]([Sn]([CH2]CCC)([CH2]CCC)[CH2]CCC)cc21. The van der Waals surface area contributed by atoms with Gasteiger partial charge < -0.3 is 0 Å². The molecule has 0 aliphatic rings. The monoisotopic (exact) mass is 927 g/mol. The van der Waals surface area contributed by atoms with Gasteiger partial charge in [-0.25, -0.2) is 0 Å². The van der Waals surface area contributed by atoms with Crippen LogP contribution in [0.5, 0.6) is 0 Å². The van der Waals surface area contributed by atoms with Crippen LogP contribution in [0.4, 0.5) is 0 Å². The van der Waals surface area contributed by atoms with Crippen molar-refractivity contribution in [3.63, 3.8) is 0 Å². The first-order chi connectivity index (χ1) is 24.0. The molecule has 0 unspecified atom stereocenters. The number of rotatable bonds is 31. The summed E-state index contributed by atoms with van der Waals surface area (Å²) in [4.78, 5) is 0. The van der Waals surface area contributed by atoms with Crippen LogP contribution in [0.1, 0.15) is 190 Å². The fraction of sp³-hybridized carbons (Fsp3) is 0.818. The number of nitrogens with zero attached hydrogens (tertiary/aromatic N) is 1. The summed E-state index contributed by atoms with van der Waals surface area (Å²) in [6.07, 6.45) is 31.2. The van der Waals surface area contributed by atoms with Crippen LogP contribution in [0.2, 0.25) is 26.6 Å². The summed E-state index contributed by atoms with van der Waals surface area (Å²) in [5, 5.41) is 0. The molecule has 0 saturated carbocycles. The predicted molar refractivity (Wildman–Crippen MR) is 236 cm³/mol. The number of aromatic nitrogens is 1. The predicted octanol–water partition coefficient (Wildman–Crippen LogP) is 16.0. The maximum absolute atomic E-state index is 2.90. The standard InChI is InChI=1S/C20H27NS2.6C4H9.2Sn/c1-2-3-4-5-6-7-8-9-10-11-14-21-17-12-15-22-19(17)20-18(21)13-16-23-20;6*1-3-4-2;;/h12-13H,2-11,14H2,1H3;6*1,3-4H2,2H3;;. The third-order valence-corrected chi connectivity index (χ3v) is 50.9. The molecule has 0 spiro atoms. The molecular weight excluding hydrogens is 844 g/mol. The maximum atomic E-state index is 2.90. The molecule has 0 N–H and O–H groups in total. The molecule has 282 valence electrons. The summed E-state index contributed by atoms with van der Waals surface area (Å²) in [6, 6.07) is 5.70. The van der Waals surface area contributed by atoms with Crippen LogP contribution in [-0.2, 0) is 6.54 Å². The molecule has 5 heteroatoms.